The minimum atomic E-state index is -3.03. The molecule has 0 saturated heterocycles. The number of rotatable bonds is 19. The van der Waals surface area contributed by atoms with E-state index in [9.17, 15) is 47.2 Å². The van der Waals surface area contributed by atoms with E-state index in [0.717, 1.165) is 38.2 Å². The van der Waals surface area contributed by atoms with Crippen molar-refractivity contribution < 1.29 is 56.7 Å². The van der Waals surface area contributed by atoms with Gasteiger partial charge in [-0.15, -0.1) is 0 Å². The van der Waals surface area contributed by atoms with E-state index < -0.39 is 49.2 Å². The van der Waals surface area contributed by atoms with Gasteiger partial charge in [-0.05, 0) is 104 Å². The summed E-state index contributed by atoms with van der Waals surface area (Å²) in [5.74, 6) is 2.81. The Labute approximate surface area is 628 Å². The van der Waals surface area contributed by atoms with Gasteiger partial charge in [0.1, 0.15) is 114 Å². The standard InChI is InChI=1S/C16H18N4O3S.C16H14N4O3S.C12H15NO2S.C11H13NO3S.C9H9N.C5H2ClN3.C3H7BrO2S/c2*1-24(21,22)8-7-20-6-5-13-14(20)3-2-4-15(13)23-16-9-12(10-17)18-11-19-16;1-10-4-3-5-12-11(10)6-7-13(12)8-9-16(2,14)15;1-16(14,15)8-7-12-6-5-9-10(12)3-2-4-11(9)13;1-7-3-2-4-9-8(7)5-6-10-9;6-5-1-4(2-7)8-3-9-5;1-7(5,6)3-2-4/h2-6,9,11H,7-8,10,17H2,1H3;2-6,9,11H,7-8H2,1H3;3-7H,8-9H2,1-2H3;2-6,13H,7-8H2,1H3;2-6,10H,1H3;1,3H;2-3H2,1H3. The molecule has 0 radical (unpaired) electrons. The second-order valence-electron chi connectivity index (χ2n) is 23.9. The summed E-state index contributed by atoms with van der Waals surface area (Å²) < 4.78 is 129. The molecule has 8 aromatic heterocycles. The Morgan fingerprint density at radius 1 is 0.472 bits per heavy atom. The smallest absolute Gasteiger partial charge is 0.223 e. The van der Waals surface area contributed by atoms with Gasteiger partial charge < -0.3 is 43.6 Å². The Bertz CT molecular complexity index is 5750. The number of nitrogens with two attached hydrogens (primary N) is 1. The summed E-state index contributed by atoms with van der Waals surface area (Å²) in [4.78, 5) is 26.3. The Kier molecular flexibility index (Phi) is 30.0. The Hall–Kier alpha value is -10.1. The molecule has 0 spiro atoms. The quantitative estimate of drug-likeness (QED) is 0.0500. The van der Waals surface area contributed by atoms with Crippen LogP contribution < -0.4 is 15.2 Å². The van der Waals surface area contributed by atoms with Crippen LogP contribution in [0.4, 0.5) is 0 Å². The topological polar surface area (TPSA) is 396 Å². The highest BCUT2D eigenvalue weighted by Crippen LogP contribution is 2.32. The van der Waals surface area contributed by atoms with Crippen LogP contribution in [0.3, 0.4) is 0 Å². The van der Waals surface area contributed by atoms with Crippen molar-refractivity contribution in [3.05, 3.63) is 223 Å². The highest BCUT2D eigenvalue weighted by Gasteiger charge is 2.15. The van der Waals surface area contributed by atoms with E-state index >= 15 is 0 Å². The largest absolute Gasteiger partial charge is 0.507 e. The Morgan fingerprint density at radius 2 is 0.858 bits per heavy atom. The molecular formula is C72H78BrClN14O13S5. The van der Waals surface area contributed by atoms with E-state index in [1.165, 1.54) is 89.8 Å². The Balaban J connectivity index is 0.000000179. The number of aromatic nitrogens is 11. The van der Waals surface area contributed by atoms with Crippen LogP contribution in [-0.4, -0.2) is 166 Å². The summed E-state index contributed by atoms with van der Waals surface area (Å²) >= 11 is 8.43. The van der Waals surface area contributed by atoms with Crippen molar-refractivity contribution in [3.8, 4) is 41.1 Å². The van der Waals surface area contributed by atoms with Gasteiger partial charge in [-0.25, -0.2) is 72.0 Å². The molecule has 558 valence electrons. The van der Waals surface area contributed by atoms with Crippen molar-refractivity contribution >= 4 is 131 Å². The molecule has 106 heavy (non-hydrogen) atoms. The van der Waals surface area contributed by atoms with Crippen LogP contribution in [-0.2, 0) is 81.9 Å². The lowest BCUT2D eigenvalue weighted by molar-refractivity contribution is 0.465. The number of aryl methyl sites for hydroxylation is 6. The second-order valence-corrected chi connectivity index (χ2v) is 36.4. The monoisotopic (exact) mass is 1620 g/mol. The fraction of sp³-hybridized carbons (Fsp3) is 0.250. The average molecular weight is 1620 g/mol. The summed E-state index contributed by atoms with van der Waals surface area (Å²) in [5.41, 5.74) is 14.3. The SMILES string of the molecule is CS(=O)(=O)CCBr.CS(=O)(=O)CCn1ccc2c(O)cccc21.CS(=O)(=O)CCn1ccc2c(Oc3cc(C#N)ncn3)cccc21.CS(=O)(=O)CCn1ccc2c(Oc3cc(CN)ncn3)cccc21.Cc1cccc2[nH]ccc12.Cc1cccc2c1ccn2CCS(C)(=O)=O.N#Cc1cc(Cl)ncn1. The van der Waals surface area contributed by atoms with E-state index in [-0.39, 0.29) is 51.8 Å². The predicted molar refractivity (Wildman–Crippen MR) is 418 cm³/mol. The van der Waals surface area contributed by atoms with Gasteiger partial charge in [0.25, 0.3) is 0 Å². The van der Waals surface area contributed by atoms with Crippen LogP contribution in [0.2, 0.25) is 5.15 Å². The third-order valence-corrected chi connectivity index (χ3v) is 21.1. The second kappa shape index (κ2) is 38.3. The zero-order valence-corrected chi connectivity index (χ0v) is 65.2. The molecule has 27 nitrogen and oxygen atoms in total. The van der Waals surface area contributed by atoms with Crippen molar-refractivity contribution in [1.29, 1.82) is 10.5 Å². The van der Waals surface area contributed by atoms with E-state index in [1.54, 1.807) is 36.5 Å². The maximum Gasteiger partial charge on any atom is 0.223 e. The molecule has 0 aliphatic carbocycles. The molecular weight excluding hydrogens is 1540 g/mol. The third-order valence-electron chi connectivity index (χ3n) is 15.3. The summed E-state index contributed by atoms with van der Waals surface area (Å²) in [5, 5.41) is 32.5. The van der Waals surface area contributed by atoms with Gasteiger partial charge in [0.2, 0.25) is 11.8 Å². The number of fused-ring (bicyclic) bond motifs is 5. The summed E-state index contributed by atoms with van der Waals surface area (Å²) in [7, 11) is -14.6. The number of H-pyrrole nitrogens is 1. The van der Waals surface area contributed by atoms with Crippen LogP contribution in [0, 0.1) is 36.5 Å². The normalized spacial score (nSPS) is 11.4. The van der Waals surface area contributed by atoms with Gasteiger partial charge in [0.15, 0.2) is 0 Å². The molecule has 0 aliphatic heterocycles. The number of phenols is 1. The first kappa shape index (κ1) is 83.2. The summed E-state index contributed by atoms with van der Waals surface area (Å²) in [6.07, 6.45) is 19.5. The molecule has 0 saturated carbocycles. The van der Waals surface area contributed by atoms with Crippen LogP contribution in [0.25, 0.3) is 54.5 Å². The average Bonchev–Trinajstić information content (AvgIpc) is 1.66. The molecule has 0 amide bonds. The van der Waals surface area contributed by atoms with Crippen molar-refractivity contribution in [2.24, 2.45) is 5.73 Å². The number of phenolic OH excluding ortho intramolecular Hbond substituents is 1. The van der Waals surface area contributed by atoms with Crippen LogP contribution in [0.1, 0.15) is 28.2 Å². The molecule has 13 rings (SSSR count). The van der Waals surface area contributed by atoms with Gasteiger partial charge in [-0.1, -0.05) is 70.0 Å². The number of aromatic amines is 1. The minimum Gasteiger partial charge on any atom is -0.507 e. The number of hydrogen-bond donors (Lipinski definition) is 3. The third kappa shape index (κ3) is 26.8. The van der Waals surface area contributed by atoms with Crippen LogP contribution >= 0.6 is 27.5 Å². The zero-order valence-electron chi connectivity index (χ0n) is 58.8. The Morgan fingerprint density at radius 3 is 1.28 bits per heavy atom. The number of aromatic hydroxyl groups is 1. The van der Waals surface area contributed by atoms with Crippen LogP contribution in [0.5, 0.6) is 29.0 Å². The highest BCUT2D eigenvalue weighted by molar-refractivity contribution is 9.09. The fourth-order valence-corrected chi connectivity index (χ4v) is 14.3. The number of halogens is 2. The number of benzene rings is 5. The van der Waals surface area contributed by atoms with Crippen molar-refractivity contribution in [1.82, 2.24) is 53.2 Å². The molecule has 0 aliphatic rings. The van der Waals surface area contributed by atoms with Gasteiger partial charge >= 0.3 is 0 Å². The first-order valence-corrected chi connectivity index (χ1v) is 43.8. The number of nitrogens with one attached hydrogen (secondary N) is 1. The molecule has 13 aromatic rings. The summed E-state index contributed by atoms with van der Waals surface area (Å²) in [6.45, 7) is 6.19. The fourth-order valence-electron chi connectivity index (χ4n) is 9.99. The lowest BCUT2D eigenvalue weighted by Gasteiger charge is -2.08. The van der Waals surface area contributed by atoms with Crippen LogP contribution in [0.15, 0.2) is 189 Å². The first-order valence-electron chi connectivity index (χ1n) is 32.0. The van der Waals surface area contributed by atoms with Gasteiger partial charge in [-0.2, -0.15) is 10.5 Å². The number of alkyl halides is 1. The molecule has 0 unspecified atom stereocenters. The van der Waals surface area contributed by atoms with Gasteiger partial charge in [0.05, 0.1) is 51.0 Å². The molecule has 5 aromatic carbocycles. The van der Waals surface area contributed by atoms with Crippen molar-refractivity contribution in [3.63, 3.8) is 0 Å². The van der Waals surface area contributed by atoms with E-state index in [2.05, 4.69) is 95.0 Å². The van der Waals surface area contributed by atoms with E-state index in [4.69, 9.17) is 37.3 Å². The molecule has 8 heterocycles. The van der Waals surface area contributed by atoms with E-state index in [0.29, 0.717) is 66.3 Å². The number of hydrogen-bond acceptors (Lipinski definition) is 22. The van der Waals surface area contributed by atoms with Crippen molar-refractivity contribution in [2.75, 3.05) is 65.4 Å². The number of nitrogens with zero attached hydrogens (tertiary/aromatic N) is 12. The minimum absolute atomic E-state index is 0.0688. The molecule has 4 N–H and O–H groups in total. The lowest BCUT2D eigenvalue weighted by Crippen LogP contribution is -2.10. The number of ether oxygens (including phenoxy) is 2. The lowest BCUT2D eigenvalue weighted by atomic mass is 10.1. The highest BCUT2D eigenvalue weighted by atomic mass is 79.9. The maximum atomic E-state index is 11.4. The van der Waals surface area contributed by atoms with E-state index in [1.807, 2.05) is 122 Å². The van der Waals surface area contributed by atoms with Gasteiger partial charge in [0, 0.05) is 156 Å². The predicted octanol–water partition coefficient (Wildman–Crippen LogP) is 11.2. The molecule has 0 fully saturated rings. The molecule has 0 bridgehead atoms. The molecule has 34 heteroatoms. The van der Waals surface area contributed by atoms with Crippen molar-refractivity contribution in [2.45, 2.75) is 46.6 Å². The number of nitriles is 2. The number of sulfone groups is 5. The summed E-state index contributed by atoms with van der Waals surface area (Å²) in [6, 6.07) is 46.7. The van der Waals surface area contributed by atoms with Gasteiger partial charge in [-0.3, -0.25) is 0 Å². The molecule has 0 atom stereocenters. The first-order chi connectivity index (χ1) is 50.1. The maximum absolute atomic E-state index is 11.4. The zero-order chi connectivity index (χ0) is 77.4.